The summed E-state index contributed by atoms with van der Waals surface area (Å²) in [5, 5.41) is 14.5. The normalized spacial score (nSPS) is 13.5. The van der Waals surface area contributed by atoms with E-state index in [9.17, 15) is 4.79 Å². The predicted molar refractivity (Wildman–Crippen MR) is 66.7 cm³/mol. The summed E-state index contributed by atoms with van der Waals surface area (Å²) >= 11 is 0. The van der Waals surface area contributed by atoms with Gasteiger partial charge in [0, 0.05) is 32.6 Å². The molecule has 0 saturated carbocycles. The number of amides is 2. The maximum atomic E-state index is 9.76. The number of piperazine rings is 1. The molecule has 1 fully saturated rings. The van der Waals surface area contributed by atoms with Gasteiger partial charge in [0.1, 0.15) is 0 Å². The number of unbranched alkanes of at least 4 members (excludes halogenated alkanes) is 1. The second-order valence-electron chi connectivity index (χ2n) is 3.40. The van der Waals surface area contributed by atoms with Crippen LogP contribution in [0.25, 0.3) is 0 Å². The molecule has 1 rings (SSSR count). The first kappa shape index (κ1) is 18.0. The number of carbonyl (C=O) groups excluding carboxylic acids is 1. The topological polar surface area (TPSA) is 130 Å². The number of nitrogens with one attached hydrogen (secondary N) is 2. The van der Waals surface area contributed by atoms with E-state index in [4.69, 9.17) is 9.90 Å². The minimum absolute atomic E-state index is 0.316. The van der Waals surface area contributed by atoms with Crippen LogP contribution in [0.4, 0.5) is 4.79 Å². The van der Waals surface area contributed by atoms with Crippen LogP contribution >= 0.6 is 0 Å². The zero-order chi connectivity index (χ0) is 13.5. The number of carboxylic acids is 1. The standard InChI is InChI=1S/C5H10O2.C4H10N2.CH4N2O/c1-2-3-4-5(6)7;1-2-6-4-3-5-1;2-1(3)4/h2-4H2,1H3,(H,6,7);5-6H,1-4H2;(H4,2,3,4). The monoisotopic (exact) mass is 248 g/mol. The van der Waals surface area contributed by atoms with Crippen molar-refractivity contribution in [3.05, 3.63) is 0 Å². The van der Waals surface area contributed by atoms with E-state index in [0.29, 0.717) is 6.42 Å². The highest BCUT2D eigenvalue weighted by Crippen LogP contribution is 1.91. The Bertz CT molecular complexity index is 180. The fourth-order valence-electron chi connectivity index (χ4n) is 0.932. The minimum Gasteiger partial charge on any atom is -0.481 e. The van der Waals surface area contributed by atoms with Crippen molar-refractivity contribution in [2.24, 2.45) is 11.5 Å². The Kier molecular flexibility index (Phi) is 15.6. The molecular formula is C10H24N4O3. The summed E-state index contributed by atoms with van der Waals surface area (Å²) in [5.41, 5.74) is 8.50. The van der Waals surface area contributed by atoms with E-state index in [2.05, 4.69) is 22.1 Å². The first-order valence-corrected chi connectivity index (χ1v) is 5.68. The highest BCUT2D eigenvalue weighted by atomic mass is 16.4. The number of hydrogen-bond donors (Lipinski definition) is 5. The van der Waals surface area contributed by atoms with Crippen molar-refractivity contribution in [2.75, 3.05) is 26.2 Å². The molecule has 7 N–H and O–H groups in total. The third kappa shape index (κ3) is 31.3. The molecule has 7 heteroatoms. The van der Waals surface area contributed by atoms with E-state index in [1.165, 1.54) is 0 Å². The fraction of sp³-hybridized carbons (Fsp3) is 0.800. The van der Waals surface area contributed by atoms with Crippen molar-refractivity contribution < 1.29 is 14.7 Å². The Morgan fingerprint density at radius 1 is 1.12 bits per heavy atom. The van der Waals surface area contributed by atoms with E-state index < -0.39 is 12.0 Å². The molecule has 1 aliphatic rings. The summed E-state index contributed by atoms with van der Waals surface area (Å²) in [6, 6.07) is -0.833. The van der Waals surface area contributed by atoms with Gasteiger partial charge >= 0.3 is 12.0 Å². The lowest BCUT2D eigenvalue weighted by Gasteiger charge is -2.11. The predicted octanol–water partition coefficient (Wildman–Crippen LogP) is -0.536. The maximum Gasteiger partial charge on any atom is 0.309 e. The molecule has 0 bridgehead atoms. The maximum absolute atomic E-state index is 9.76. The van der Waals surface area contributed by atoms with Crippen LogP contribution in [0.15, 0.2) is 0 Å². The summed E-state index contributed by atoms with van der Waals surface area (Å²) in [6.07, 6.45) is 2.08. The van der Waals surface area contributed by atoms with Gasteiger partial charge in [-0.05, 0) is 6.42 Å². The third-order valence-corrected chi connectivity index (χ3v) is 1.70. The summed E-state index contributed by atoms with van der Waals surface area (Å²) in [4.78, 5) is 18.8. The van der Waals surface area contributed by atoms with Gasteiger partial charge in [-0.2, -0.15) is 0 Å². The zero-order valence-corrected chi connectivity index (χ0v) is 10.4. The van der Waals surface area contributed by atoms with E-state index in [1.807, 2.05) is 6.92 Å². The number of nitrogens with two attached hydrogens (primary N) is 2. The van der Waals surface area contributed by atoms with Gasteiger partial charge in [0.05, 0.1) is 0 Å². The third-order valence-electron chi connectivity index (χ3n) is 1.70. The van der Waals surface area contributed by atoms with Gasteiger partial charge in [-0.3, -0.25) is 4.79 Å². The summed E-state index contributed by atoms with van der Waals surface area (Å²) in [6.45, 7) is 6.53. The minimum atomic E-state index is -0.833. The number of aliphatic carboxylic acids is 1. The number of hydrogen-bond acceptors (Lipinski definition) is 4. The molecule has 0 aliphatic carbocycles. The number of urea groups is 1. The lowest BCUT2D eigenvalue weighted by atomic mass is 10.3. The van der Waals surface area contributed by atoms with E-state index >= 15 is 0 Å². The van der Waals surface area contributed by atoms with Crippen LogP contribution in [0.3, 0.4) is 0 Å². The molecule has 0 aromatic carbocycles. The molecule has 0 radical (unpaired) electrons. The molecule has 17 heavy (non-hydrogen) atoms. The van der Waals surface area contributed by atoms with Crippen LogP contribution in [0.5, 0.6) is 0 Å². The number of carboxylic acid groups (broad SMARTS) is 1. The molecule has 0 aromatic rings. The Hall–Kier alpha value is -1.34. The van der Waals surface area contributed by atoms with Crippen LogP contribution in [-0.4, -0.2) is 43.3 Å². The van der Waals surface area contributed by atoms with Gasteiger partial charge in [-0.1, -0.05) is 13.3 Å². The van der Waals surface area contributed by atoms with Gasteiger partial charge in [0.25, 0.3) is 0 Å². The van der Waals surface area contributed by atoms with Crippen molar-refractivity contribution >= 4 is 12.0 Å². The second kappa shape index (κ2) is 14.7. The number of rotatable bonds is 3. The molecule has 0 atom stereocenters. The smallest absolute Gasteiger partial charge is 0.309 e. The van der Waals surface area contributed by atoms with Crippen LogP contribution in [0.2, 0.25) is 0 Å². The van der Waals surface area contributed by atoms with E-state index in [-0.39, 0.29) is 0 Å². The average Bonchev–Trinajstić information content (AvgIpc) is 2.29. The first-order chi connectivity index (χ1) is 8.00. The summed E-state index contributed by atoms with van der Waals surface area (Å²) in [7, 11) is 0. The van der Waals surface area contributed by atoms with E-state index in [0.717, 1.165) is 39.0 Å². The van der Waals surface area contributed by atoms with Gasteiger partial charge in [0.15, 0.2) is 0 Å². The largest absolute Gasteiger partial charge is 0.481 e. The molecule has 0 spiro atoms. The van der Waals surface area contributed by atoms with Crippen molar-refractivity contribution in [1.82, 2.24) is 10.6 Å². The average molecular weight is 248 g/mol. The molecule has 1 saturated heterocycles. The molecule has 2 amide bonds. The van der Waals surface area contributed by atoms with Crippen molar-refractivity contribution in [3.63, 3.8) is 0 Å². The SMILES string of the molecule is C1CNCCN1.CCCCC(=O)O.NC(N)=O. The van der Waals surface area contributed by atoms with Crippen molar-refractivity contribution in [3.8, 4) is 0 Å². The lowest BCUT2D eigenvalue weighted by molar-refractivity contribution is -0.137. The van der Waals surface area contributed by atoms with Crippen molar-refractivity contribution in [2.45, 2.75) is 26.2 Å². The molecule has 1 aliphatic heterocycles. The Morgan fingerprint density at radius 2 is 1.47 bits per heavy atom. The molecule has 1 heterocycles. The second-order valence-corrected chi connectivity index (χ2v) is 3.40. The molecule has 0 aromatic heterocycles. The molecule has 102 valence electrons. The number of primary amides is 2. The summed E-state index contributed by atoms with van der Waals surface area (Å²) < 4.78 is 0. The Morgan fingerprint density at radius 3 is 1.59 bits per heavy atom. The highest BCUT2D eigenvalue weighted by molar-refractivity contribution is 5.69. The fourth-order valence-corrected chi connectivity index (χ4v) is 0.932. The first-order valence-electron chi connectivity index (χ1n) is 5.68. The van der Waals surface area contributed by atoms with E-state index in [1.54, 1.807) is 0 Å². The quantitative estimate of drug-likeness (QED) is 0.458. The Labute approximate surface area is 102 Å². The van der Waals surface area contributed by atoms with Crippen LogP contribution < -0.4 is 22.1 Å². The molecule has 0 unspecified atom stereocenters. The van der Waals surface area contributed by atoms with Crippen LogP contribution in [0, 0.1) is 0 Å². The van der Waals surface area contributed by atoms with Crippen LogP contribution in [0.1, 0.15) is 26.2 Å². The summed E-state index contributed by atoms with van der Waals surface area (Å²) in [5.74, 6) is -0.693. The van der Waals surface area contributed by atoms with Gasteiger partial charge in [0.2, 0.25) is 0 Å². The van der Waals surface area contributed by atoms with Crippen molar-refractivity contribution in [1.29, 1.82) is 0 Å². The molecular weight excluding hydrogens is 224 g/mol. The lowest BCUT2D eigenvalue weighted by Crippen LogP contribution is -2.39. The Balaban J connectivity index is 0. The van der Waals surface area contributed by atoms with Crippen LogP contribution in [-0.2, 0) is 4.79 Å². The number of carbonyl (C=O) groups is 2. The van der Waals surface area contributed by atoms with Gasteiger partial charge < -0.3 is 27.2 Å². The van der Waals surface area contributed by atoms with Gasteiger partial charge in [-0.25, -0.2) is 4.79 Å². The van der Waals surface area contributed by atoms with Gasteiger partial charge in [-0.15, -0.1) is 0 Å². The highest BCUT2D eigenvalue weighted by Gasteiger charge is 1.91. The molecule has 7 nitrogen and oxygen atoms in total. The zero-order valence-electron chi connectivity index (χ0n) is 10.4.